The minimum Gasteiger partial charge on any atom is -0.338 e. The molecule has 1 aromatic rings. The number of hydrogen-bond donors (Lipinski definition) is 3. The van der Waals surface area contributed by atoms with Crippen molar-refractivity contribution in [2.75, 3.05) is 31.5 Å². The second-order valence-electron chi connectivity index (χ2n) is 7.73. The Morgan fingerprint density at radius 2 is 1.76 bits per heavy atom. The first kappa shape index (κ1) is 23.6. The van der Waals surface area contributed by atoms with Crippen LogP contribution in [0.1, 0.15) is 58.3 Å². The lowest BCUT2D eigenvalue weighted by Gasteiger charge is -2.31. The molecule has 1 aromatic carbocycles. The first-order valence-corrected chi connectivity index (χ1v) is 12.3. The summed E-state index contributed by atoms with van der Waals surface area (Å²) in [6.45, 7) is 4.28. The molecular formula is C21H36N4O3S. The molecule has 0 saturated carbocycles. The van der Waals surface area contributed by atoms with E-state index in [9.17, 15) is 13.2 Å². The molecule has 0 radical (unpaired) electrons. The smallest absolute Gasteiger partial charge is 0.319 e. The highest BCUT2D eigenvalue weighted by molar-refractivity contribution is 7.89. The maximum atomic E-state index is 13.1. The third-order valence-electron chi connectivity index (χ3n) is 5.48. The Morgan fingerprint density at radius 1 is 1.10 bits per heavy atom. The van der Waals surface area contributed by atoms with E-state index in [1.54, 1.807) is 24.3 Å². The van der Waals surface area contributed by atoms with Crippen LogP contribution in [0.25, 0.3) is 0 Å². The van der Waals surface area contributed by atoms with Gasteiger partial charge in [-0.3, -0.25) is 0 Å². The monoisotopic (exact) mass is 424 g/mol. The van der Waals surface area contributed by atoms with Gasteiger partial charge in [0.25, 0.3) is 0 Å². The number of nitrogens with two attached hydrogens (primary N) is 1. The van der Waals surface area contributed by atoms with Crippen LogP contribution in [0.5, 0.6) is 0 Å². The Bertz CT molecular complexity index is 731. The molecule has 29 heavy (non-hydrogen) atoms. The zero-order valence-corrected chi connectivity index (χ0v) is 18.3. The van der Waals surface area contributed by atoms with Crippen LogP contribution in [0.3, 0.4) is 0 Å². The van der Waals surface area contributed by atoms with Crippen molar-refractivity contribution in [2.24, 2.45) is 11.7 Å². The van der Waals surface area contributed by atoms with Crippen LogP contribution in [0.15, 0.2) is 29.2 Å². The summed E-state index contributed by atoms with van der Waals surface area (Å²) in [6, 6.07) is 6.21. The average Bonchev–Trinajstić information content (AvgIpc) is 2.73. The number of unbranched alkanes of at least 4 members (excludes halogenated alkanes) is 5. The Morgan fingerprint density at radius 3 is 2.45 bits per heavy atom. The van der Waals surface area contributed by atoms with Crippen molar-refractivity contribution in [3.63, 3.8) is 0 Å². The van der Waals surface area contributed by atoms with Crippen molar-refractivity contribution >= 4 is 21.7 Å². The van der Waals surface area contributed by atoms with E-state index in [1.807, 2.05) is 0 Å². The van der Waals surface area contributed by atoms with E-state index in [0.717, 1.165) is 25.7 Å². The molecule has 7 nitrogen and oxygen atoms in total. The van der Waals surface area contributed by atoms with E-state index < -0.39 is 10.0 Å². The predicted octanol–water partition coefficient (Wildman–Crippen LogP) is 3.53. The number of piperidine rings is 1. The fraction of sp³-hybridized carbons (Fsp3) is 0.667. The predicted molar refractivity (Wildman–Crippen MR) is 117 cm³/mol. The number of sulfonamides is 1. The van der Waals surface area contributed by atoms with E-state index in [0.29, 0.717) is 37.8 Å². The number of carbonyl (C=O) groups excluding carboxylic acids is 1. The van der Waals surface area contributed by atoms with E-state index in [-0.39, 0.29) is 10.9 Å². The number of anilines is 1. The second kappa shape index (κ2) is 12.1. The number of urea groups is 1. The van der Waals surface area contributed by atoms with Gasteiger partial charge in [-0.25, -0.2) is 13.2 Å². The number of hydrogen-bond acceptors (Lipinski definition) is 4. The zero-order chi connectivity index (χ0) is 21.1. The van der Waals surface area contributed by atoms with E-state index in [1.165, 1.54) is 30.0 Å². The maximum absolute atomic E-state index is 13.1. The lowest BCUT2D eigenvalue weighted by atomic mass is 9.99. The topological polar surface area (TPSA) is 105 Å². The normalized spacial score (nSPS) is 15.9. The number of nitrogens with zero attached hydrogens (tertiary/aromatic N) is 1. The van der Waals surface area contributed by atoms with Crippen molar-refractivity contribution in [3.05, 3.63) is 24.3 Å². The molecule has 0 bridgehead atoms. The largest absolute Gasteiger partial charge is 0.338 e. The summed E-state index contributed by atoms with van der Waals surface area (Å²) >= 11 is 0. The first-order valence-electron chi connectivity index (χ1n) is 10.8. The average molecular weight is 425 g/mol. The van der Waals surface area contributed by atoms with Gasteiger partial charge in [0.15, 0.2) is 0 Å². The van der Waals surface area contributed by atoms with Gasteiger partial charge in [0, 0.05) is 19.6 Å². The molecule has 0 unspecified atom stereocenters. The van der Waals surface area contributed by atoms with Crippen molar-refractivity contribution in [2.45, 2.75) is 63.2 Å². The van der Waals surface area contributed by atoms with Gasteiger partial charge in [-0.15, -0.1) is 0 Å². The molecule has 1 aliphatic heterocycles. The molecular weight excluding hydrogens is 388 g/mol. The molecule has 1 fully saturated rings. The number of rotatable bonds is 11. The lowest BCUT2D eigenvalue weighted by molar-refractivity contribution is 0.252. The van der Waals surface area contributed by atoms with Crippen LogP contribution in [-0.4, -0.2) is 44.9 Å². The molecule has 2 rings (SSSR count). The minimum absolute atomic E-state index is 0.140. The molecule has 0 spiro atoms. The molecule has 1 heterocycles. The molecule has 0 aromatic heterocycles. The van der Waals surface area contributed by atoms with Crippen LogP contribution in [0.4, 0.5) is 10.5 Å². The molecule has 0 atom stereocenters. The van der Waals surface area contributed by atoms with Gasteiger partial charge in [-0.05, 0) is 43.9 Å². The van der Waals surface area contributed by atoms with Crippen LogP contribution in [-0.2, 0) is 10.0 Å². The Labute approximate surface area is 175 Å². The third kappa shape index (κ3) is 7.28. The fourth-order valence-corrected chi connectivity index (χ4v) is 5.21. The van der Waals surface area contributed by atoms with Crippen molar-refractivity contribution in [1.82, 2.24) is 9.62 Å². The lowest BCUT2D eigenvalue weighted by Crippen LogP contribution is -2.40. The molecule has 164 valence electrons. The van der Waals surface area contributed by atoms with Gasteiger partial charge in [0.05, 0.1) is 5.69 Å². The Kier molecular flexibility index (Phi) is 9.90. The summed E-state index contributed by atoms with van der Waals surface area (Å²) in [5.74, 6) is 0.377. The standard InChI is InChI=1S/C21H36N4O3S/c1-2-3-4-5-6-9-14-23-21(26)24-19-10-7-8-11-20(19)29(27,28)25-15-12-18(17-22)13-16-25/h7-8,10-11,18H,2-6,9,12-17,22H2,1H3,(H2,23,24,26). The van der Waals surface area contributed by atoms with Gasteiger partial charge >= 0.3 is 6.03 Å². The summed E-state index contributed by atoms with van der Waals surface area (Å²) in [6.07, 6.45) is 8.43. The second-order valence-corrected chi connectivity index (χ2v) is 9.63. The molecule has 8 heteroatoms. The van der Waals surface area contributed by atoms with Crippen LogP contribution in [0.2, 0.25) is 0 Å². The molecule has 1 saturated heterocycles. The van der Waals surface area contributed by atoms with E-state index in [2.05, 4.69) is 17.6 Å². The molecule has 1 aliphatic rings. The van der Waals surface area contributed by atoms with Gasteiger partial charge < -0.3 is 16.4 Å². The van der Waals surface area contributed by atoms with E-state index in [4.69, 9.17) is 5.73 Å². The summed E-state index contributed by atoms with van der Waals surface area (Å²) in [7, 11) is -3.66. The van der Waals surface area contributed by atoms with Crippen molar-refractivity contribution in [1.29, 1.82) is 0 Å². The fourth-order valence-electron chi connectivity index (χ4n) is 3.59. The van der Waals surface area contributed by atoms with Gasteiger partial charge in [-0.1, -0.05) is 51.2 Å². The number of benzene rings is 1. The SMILES string of the molecule is CCCCCCCCNC(=O)Nc1ccccc1S(=O)(=O)N1CCC(CN)CC1. The van der Waals surface area contributed by atoms with Crippen molar-refractivity contribution in [3.8, 4) is 0 Å². The van der Waals surface area contributed by atoms with Crippen LogP contribution >= 0.6 is 0 Å². The van der Waals surface area contributed by atoms with Crippen LogP contribution < -0.4 is 16.4 Å². The summed E-state index contributed by atoms with van der Waals surface area (Å²) in [5, 5.41) is 5.53. The molecule has 4 N–H and O–H groups in total. The van der Waals surface area contributed by atoms with Gasteiger partial charge in [-0.2, -0.15) is 4.31 Å². The summed E-state index contributed by atoms with van der Waals surface area (Å²) in [5.41, 5.74) is 6.02. The number of amides is 2. The van der Waals surface area contributed by atoms with Gasteiger partial charge in [0.2, 0.25) is 10.0 Å². The number of nitrogens with one attached hydrogen (secondary N) is 2. The Balaban J connectivity index is 1.90. The number of carbonyl (C=O) groups is 1. The molecule has 2 amide bonds. The summed E-state index contributed by atoms with van der Waals surface area (Å²) < 4.78 is 27.7. The zero-order valence-electron chi connectivity index (χ0n) is 17.5. The van der Waals surface area contributed by atoms with Crippen molar-refractivity contribution < 1.29 is 13.2 Å². The summed E-state index contributed by atoms with van der Waals surface area (Å²) in [4.78, 5) is 12.4. The maximum Gasteiger partial charge on any atom is 0.319 e. The van der Waals surface area contributed by atoms with E-state index >= 15 is 0 Å². The third-order valence-corrected chi connectivity index (χ3v) is 7.43. The highest BCUT2D eigenvalue weighted by Gasteiger charge is 2.30. The minimum atomic E-state index is -3.66. The first-order chi connectivity index (χ1) is 14.0. The highest BCUT2D eigenvalue weighted by Crippen LogP contribution is 2.28. The molecule has 0 aliphatic carbocycles. The van der Waals surface area contributed by atoms with Gasteiger partial charge in [0.1, 0.15) is 4.90 Å². The quantitative estimate of drug-likeness (QED) is 0.473. The van der Waals surface area contributed by atoms with Crippen LogP contribution in [0, 0.1) is 5.92 Å². The number of para-hydroxylation sites is 1. The Hall–Kier alpha value is -1.64. The highest BCUT2D eigenvalue weighted by atomic mass is 32.2.